The van der Waals surface area contributed by atoms with Gasteiger partial charge in [-0.3, -0.25) is 4.90 Å². The first-order valence-corrected chi connectivity index (χ1v) is 5.98. The highest BCUT2D eigenvalue weighted by Gasteiger charge is 2.21. The van der Waals surface area contributed by atoms with Gasteiger partial charge in [0.15, 0.2) is 5.82 Å². The van der Waals surface area contributed by atoms with E-state index in [0.717, 1.165) is 18.9 Å². The second-order valence-electron chi connectivity index (χ2n) is 3.49. The number of aromatic nitrogens is 4. The van der Waals surface area contributed by atoms with Crippen molar-refractivity contribution in [2.75, 3.05) is 24.6 Å². The molecule has 1 aromatic heterocycles. The van der Waals surface area contributed by atoms with Gasteiger partial charge in [0.2, 0.25) is 0 Å². The predicted molar refractivity (Wildman–Crippen MR) is 56.1 cm³/mol. The molecule has 1 atom stereocenters. The first kappa shape index (κ1) is 9.92. The average molecular weight is 213 g/mol. The molecular weight excluding hydrogens is 198 g/mol. The van der Waals surface area contributed by atoms with E-state index < -0.39 is 0 Å². The van der Waals surface area contributed by atoms with E-state index >= 15 is 0 Å². The van der Waals surface area contributed by atoms with Crippen LogP contribution in [0.3, 0.4) is 0 Å². The van der Waals surface area contributed by atoms with Crippen LogP contribution in [0.2, 0.25) is 0 Å². The summed E-state index contributed by atoms with van der Waals surface area (Å²) in [5.41, 5.74) is 0. The van der Waals surface area contributed by atoms with Gasteiger partial charge in [0.05, 0.1) is 6.04 Å². The lowest BCUT2D eigenvalue weighted by Gasteiger charge is -2.30. The summed E-state index contributed by atoms with van der Waals surface area (Å²) in [6.07, 6.45) is 0. The molecule has 0 radical (unpaired) electrons. The van der Waals surface area contributed by atoms with E-state index in [1.165, 1.54) is 11.5 Å². The van der Waals surface area contributed by atoms with Crippen molar-refractivity contribution >= 4 is 11.8 Å². The van der Waals surface area contributed by atoms with Crippen LogP contribution in [-0.2, 0) is 7.05 Å². The zero-order chi connectivity index (χ0) is 9.97. The Labute approximate surface area is 87.8 Å². The molecule has 1 aromatic rings. The van der Waals surface area contributed by atoms with Crippen LogP contribution in [0.4, 0.5) is 0 Å². The van der Waals surface area contributed by atoms with Gasteiger partial charge in [-0.05, 0) is 17.4 Å². The van der Waals surface area contributed by atoms with Gasteiger partial charge in [-0.25, -0.2) is 4.68 Å². The Morgan fingerprint density at radius 3 is 2.64 bits per heavy atom. The summed E-state index contributed by atoms with van der Waals surface area (Å²) in [6, 6.07) is 0.330. The molecule has 0 N–H and O–H groups in total. The van der Waals surface area contributed by atoms with Crippen molar-refractivity contribution in [2.24, 2.45) is 7.05 Å². The zero-order valence-corrected chi connectivity index (χ0v) is 9.37. The molecule has 0 spiro atoms. The lowest BCUT2D eigenvalue weighted by Crippen LogP contribution is -2.35. The highest BCUT2D eigenvalue weighted by atomic mass is 32.2. The number of tetrazole rings is 1. The molecule has 2 heterocycles. The van der Waals surface area contributed by atoms with Crippen molar-refractivity contribution in [3.63, 3.8) is 0 Å². The quantitative estimate of drug-likeness (QED) is 0.708. The van der Waals surface area contributed by atoms with Crippen molar-refractivity contribution in [3.05, 3.63) is 5.82 Å². The third-order valence-electron chi connectivity index (χ3n) is 2.62. The van der Waals surface area contributed by atoms with Gasteiger partial charge in [0, 0.05) is 31.6 Å². The van der Waals surface area contributed by atoms with Crippen LogP contribution in [-0.4, -0.2) is 49.7 Å². The molecular formula is C8H15N5S. The maximum Gasteiger partial charge on any atom is 0.167 e. The van der Waals surface area contributed by atoms with Crippen molar-refractivity contribution in [1.82, 2.24) is 25.1 Å². The van der Waals surface area contributed by atoms with E-state index in [-0.39, 0.29) is 0 Å². The monoisotopic (exact) mass is 213 g/mol. The van der Waals surface area contributed by atoms with Crippen LogP contribution in [0.25, 0.3) is 0 Å². The fourth-order valence-corrected chi connectivity index (χ4v) is 2.65. The molecule has 1 saturated heterocycles. The maximum absolute atomic E-state index is 4.04. The van der Waals surface area contributed by atoms with Gasteiger partial charge in [-0.1, -0.05) is 0 Å². The first-order chi connectivity index (χ1) is 6.79. The van der Waals surface area contributed by atoms with Crippen LogP contribution >= 0.6 is 11.8 Å². The van der Waals surface area contributed by atoms with E-state index in [4.69, 9.17) is 0 Å². The van der Waals surface area contributed by atoms with Crippen molar-refractivity contribution < 1.29 is 0 Å². The molecule has 0 unspecified atom stereocenters. The highest BCUT2D eigenvalue weighted by Crippen LogP contribution is 2.20. The minimum Gasteiger partial charge on any atom is -0.292 e. The summed E-state index contributed by atoms with van der Waals surface area (Å²) in [7, 11) is 1.89. The molecule has 1 fully saturated rings. The number of aryl methyl sites for hydroxylation is 1. The molecule has 1 aliphatic rings. The topological polar surface area (TPSA) is 46.8 Å². The molecule has 0 saturated carbocycles. The molecule has 78 valence electrons. The van der Waals surface area contributed by atoms with Crippen LogP contribution in [0.5, 0.6) is 0 Å². The summed E-state index contributed by atoms with van der Waals surface area (Å²) in [4.78, 5) is 2.43. The normalized spacial score (nSPS) is 21.0. The third-order valence-corrected chi connectivity index (χ3v) is 3.56. The van der Waals surface area contributed by atoms with Gasteiger partial charge >= 0.3 is 0 Å². The lowest BCUT2D eigenvalue weighted by atomic mass is 10.2. The molecule has 2 rings (SSSR count). The van der Waals surface area contributed by atoms with Gasteiger partial charge in [-0.2, -0.15) is 11.8 Å². The van der Waals surface area contributed by atoms with E-state index in [2.05, 4.69) is 27.3 Å². The molecule has 0 aliphatic carbocycles. The Balaban J connectivity index is 2.07. The second-order valence-corrected chi connectivity index (χ2v) is 4.71. The molecule has 5 nitrogen and oxygen atoms in total. The number of hydrogen-bond acceptors (Lipinski definition) is 5. The Bertz CT molecular complexity index is 294. The van der Waals surface area contributed by atoms with E-state index in [1.807, 2.05) is 18.8 Å². The number of hydrogen-bond donors (Lipinski definition) is 0. The van der Waals surface area contributed by atoms with Crippen molar-refractivity contribution in [1.29, 1.82) is 0 Å². The first-order valence-electron chi connectivity index (χ1n) is 4.83. The molecule has 14 heavy (non-hydrogen) atoms. The maximum atomic E-state index is 4.04. The minimum atomic E-state index is 0.330. The third kappa shape index (κ3) is 1.90. The zero-order valence-electron chi connectivity index (χ0n) is 8.55. The molecule has 0 aromatic carbocycles. The van der Waals surface area contributed by atoms with E-state index in [0.29, 0.717) is 6.04 Å². The Hall–Kier alpha value is -0.620. The lowest BCUT2D eigenvalue weighted by molar-refractivity contribution is 0.220. The van der Waals surface area contributed by atoms with Crippen LogP contribution in [0, 0.1) is 0 Å². The van der Waals surface area contributed by atoms with Gasteiger partial charge < -0.3 is 0 Å². The second kappa shape index (κ2) is 4.27. The number of nitrogens with zero attached hydrogens (tertiary/aromatic N) is 5. The Kier molecular flexibility index (Phi) is 3.02. The van der Waals surface area contributed by atoms with E-state index in [1.54, 1.807) is 4.68 Å². The average Bonchev–Trinajstić information content (AvgIpc) is 2.65. The smallest absolute Gasteiger partial charge is 0.167 e. The van der Waals surface area contributed by atoms with Crippen LogP contribution in [0.1, 0.15) is 18.8 Å². The highest BCUT2D eigenvalue weighted by molar-refractivity contribution is 7.99. The summed E-state index contributed by atoms with van der Waals surface area (Å²) >= 11 is 2.02. The summed E-state index contributed by atoms with van der Waals surface area (Å²) in [6.45, 7) is 4.44. The number of thioether (sulfide) groups is 1. The van der Waals surface area contributed by atoms with Gasteiger partial charge in [0.1, 0.15) is 0 Å². The summed E-state index contributed by atoms with van der Waals surface area (Å²) in [5, 5.41) is 11.6. The fourth-order valence-electron chi connectivity index (χ4n) is 1.72. The van der Waals surface area contributed by atoms with Gasteiger partial charge in [-0.15, -0.1) is 5.10 Å². The van der Waals surface area contributed by atoms with Gasteiger partial charge in [0.25, 0.3) is 0 Å². The van der Waals surface area contributed by atoms with Crippen molar-refractivity contribution in [2.45, 2.75) is 13.0 Å². The Morgan fingerprint density at radius 1 is 1.36 bits per heavy atom. The van der Waals surface area contributed by atoms with Crippen LogP contribution < -0.4 is 0 Å². The van der Waals surface area contributed by atoms with E-state index in [9.17, 15) is 0 Å². The SMILES string of the molecule is C[C@H](c1nnnn1C)N1CCSCC1. The molecule has 1 aliphatic heterocycles. The van der Waals surface area contributed by atoms with Crippen molar-refractivity contribution in [3.8, 4) is 0 Å². The Morgan fingerprint density at radius 2 is 2.07 bits per heavy atom. The fraction of sp³-hybridized carbons (Fsp3) is 0.875. The predicted octanol–water partition coefficient (Wildman–Crippen LogP) is 0.320. The largest absolute Gasteiger partial charge is 0.292 e. The summed E-state index contributed by atoms with van der Waals surface area (Å²) in [5.74, 6) is 3.39. The van der Waals surface area contributed by atoms with Crippen LogP contribution in [0.15, 0.2) is 0 Å². The molecule has 0 bridgehead atoms. The minimum absolute atomic E-state index is 0.330. The number of rotatable bonds is 2. The molecule has 0 amide bonds. The summed E-state index contributed by atoms with van der Waals surface area (Å²) < 4.78 is 1.76. The molecule has 6 heteroatoms. The standard InChI is InChI=1S/C8H15N5S/c1-7(8-9-10-11-12(8)2)13-3-5-14-6-4-13/h7H,3-6H2,1-2H3/t7-/m1/s1.